The number of thioether (sulfide) groups is 1. The van der Waals surface area contributed by atoms with Gasteiger partial charge in [-0.2, -0.15) is 11.8 Å². The van der Waals surface area contributed by atoms with E-state index in [9.17, 15) is 19.5 Å². The third-order valence-corrected chi connectivity index (χ3v) is 5.60. The van der Waals surface area contributed by atoms with Gasteiger partial charge in [-0.25, -0.2) is 4.79 Å². The maximum absolute atomic E-state index is 12.5. The van der Waals surface area contributed by atoms with Crippen molar-refractivity contribution in [3.63, 3.8) is 0 Å². The van der Waals surface area contributed by atoms with Crippen LogP contribution in [0.15, 0.2) is 24.3 Å². The summed E-state index contributed by atoms with van der Waals surface area (Å²) >= 11 is 1.70. The lowest BCUT2D eigenvalue weighted by Gasteiger charge is -2.33. The molecule has 0 unspecified atom stereocenters. The fraction of sp³-hybridized carbons (Fsp3) is 0.526. The summed E-state index contributed by atoms with van der Waals surface area (Å²) in [5.74, 6) is 0.0917. The third-order valence-electron chi connectivity index (χ3n) is 4.61. The standard InChI is InChI=1S/C19H26N2O4S/c1-13(2)17(23)21(3)12-14-4-6-15(7-5-14)16(22)20-19(18(24)25)8-10-26-11-9-19/h4-7,13H,8-12H2,1-3H3,(H,20,22)(H,24,25). The summed E-state index contributed by atoms with van der Waals surface area (Å²) in [4.78, 5) is 37.8. The molecule has 142 valence electrons. The predicted octanol–water partition coefficient (Wildman–Crippen LogP) is 2.38. The molecule has 1 aromatic carbocycles. The summed E-state index contributed by atoms with van der Waals surface area (Å²) in [6.07, 6.45) is 0.859. The van der Waals surface area contributed by atoms with Crippen molar-refractivity contribution in [2.75, 3.05) is 18.6 Å². The summed E-state index contributed by atoms with van der Waals surface area (Å²) in [7, 11) is 1.75. The molecule has 2 amide bonds. The monoisotopic (exact) mass is 378 g/mol. The average molecular weight is 378 g/mol. The zero-order chi connectivity index (χ0) is 19.3. The maximum Gasteiger partial charge on any atom is 0.329 e. The minimum Gasteiger partial charge on any atom is -0.480 e. The van der Waals surface area contributed by atoms with Gasteiger partial charge in [-0.1, -0.05) is 26.0 Å². The van der Waals surface area contributed by atoms with Crippen molar-refractivity contribution in [2.24, 2.45) is 5.92 Å². The Hall–Kier alpha value is -2.02. The van der Waals surface area contributed by atoms with E-state index in [1.807, 2.05) is 13.8 Å². The summed E-state index contributed by atoms with van der Waals surface area (Å²) < 4.78 is 0. The third kappa shape index (κ3) is 4.78. The average Bonchev–Trinajstić information content (AvgIpc) is 2.62. The number of carboxylic acid groups (broad SMARTS) is 1. The minimum atomic E-state index is -1.18. The van der Waals surface area contributed by atoms with Gasteiger partial charge in [-0.05, 0) is 42.0 Å². The Morgan fingerprint density at radius 2 is 1.77 bits per heavy atom. The highest BCUT2D eigenvalue weighted by molar-refractivity contribution is 7.99. The Labute approximate surface area is 158 Å². The molecule has 0 spiro atoms. The lowest BCUT2D eigenvalue weighted by Crippen LogP contribution is -2.56. The summed E-state index contributed by atoms with van der Waals surface area (Å²) in [6, 6.07) is 6.93. The number of hydrogen-bond acceptors (Lipinski definition) is 4. The highest BCUT2D eigenvalue weighted by Crippen LogP contribution is 2.27. The number of rotatable bonds is 6. The molecule has 2 rings (SSSR count). The van der Waals surface area contributed by atoms with E-state index in [1.165, 1.54) is 0 Å². The van der Waals surface area contributed by atoms with Crippen LogP contribution in [-0.4, -0.2) is 51.9 Å². The highest BCUT2D eigenvalue weighted by Gasteiger charge is 2.41. The summed E-state index contributed by atoms with van der Waals surface area (Å²) in [5.41, 5.74) is 0.163. The van der Waals surface area contributed by atoms with Crippen molar-refractivity contribution in [2.45, 2.75) is 38.8 Å². The van der Waals surface area contributed by atoms with E-state index in [1.54, 1.807) is 48.0 Å². The predicted molar refractivity (Wildman–Crippen MR) is 102 cm³/mol. The van der Waals surface area contributed by atoms with Crippen molar-refractivity contribution < 1.29 is 19.5 Å². The zero-order valence-corrected chi connectivity index (χ0v) is 16.3. The summed E-state index contributed by atoms with van der Waals surface area (Å²) in [5, 5.41) is 12.3. The smallest absolute Gasteiger partial charge is 0.329 e. The molecule has 0 radical (unpaired) electrons. The van der Waals surface area contributed by atoms with Crippen LogP contribution in [0.4, 0.5) is 0 Å². The molecule has 26 heavy (non-hydrogen) atoms. The number of carboxylic acids is 1. The molecule has 0 bridgehead atoms. The van der Waals surface area contributed by atoms with E-state index >= 15 is 0 Å². The molecule has 7 heteroatoms. The van der Waals surface area contributed by atoms with Crippen LogP contribution in [0.1, 0.15) is 42.6 Å². The van der Waals surface area contributed by atoms with E-state index in [0.717, 1.165) is 17.1 Å². The van der Waals surface area contributed by atoms with E-state index in [4.69, 9.17) is 0 Å². The first-order chi connectivity index (χ1) is 12.2. The number of hydrogen-bond donors (Lipinski definition) is 2. The highest BCUT2D eigenvalue weighted by atomic mass is 32.2. The van der Waals surface area contributed by atoms with Gasteiger partial charge < -0.3 is 15.3 Å². The number of aliphatic carboxylic acids is 1. The van der Waals surface area contributed by atoms with Crippen molar-refractivity contribution in [3.8, 4) is 0 Å². The largest absolute Gasteiger partial charge is 0.480 e. The Kier molecular flexibility index (Phi) is 6.69. The maximum atomic E-state index is 12.5. The van der Waals surface area contributed by atoms with Crippen LogP contribution in [0.3, 0.4) is 0 Å². The minimum absolute atomic E-state index is 0.0605. The van der Waals surface area contributed by atoms with Crippen molar-refractivity contribution in [3.05, 3.63) is 35.4 Å². The lowest BCUT2D eigenvalue weighted by atomic mass is 9.91. The molecule has 1 saturated heterocycles. The van der Waals surface area contributed by atoms with Gasteiger partial charge in [0, 0.05) is 25.1 Å². The molecule has 0 atom stereocenters. The molecule has 6 nitrogen and oxygen atoms in total. The molecular formula is C19H26N2O4S. The molecule has 1 fully saturated rings. The number of amides is 2. The lowest BCUT2D eigenvalue weighted by molar-refractivity contribution is -0.144. The normalized spacial score (nSPS) is 16.2. The molecule has 0 aromatic heterocycles. The van der Waals surface area contributed by atoms with Crippen LogP contribution >= 0.6 is 11.8 Å². The van der Waals surface area contributed by atoms with Gasteiger partial charge in [0.25, 0.3) is 5.91 Å². The van der Waals surface area contributed by atoms with E-state index in [0.29, 0.717) is 24.9 Å². The Morgan fingerprint density at radius 1 is 1.19 bits per heavy atom. The fourth-order valence-corrected chi connectivity index (χ4v) is 4.15. The van der Waals surface area contributed by atoms with Crippen LogP contribution in [-0.2, 0) is 16.1 Å². The Bertz CT molecular complexity index is 667. The van der Waals surface area contributed by atoms with Crippen LogP contribution in [0.5, 0.6) is 0 Å². The van der Waals surface area contributed by atoms with Crippen molar-refractivity contribution >= 4 is 29.5 Å². The van der Waals surface area contributed by atoms with Crippen LogP contribution < -0.4 is 5.32 Å². The quantitative estimate of drug-likeness (QED) is 0.794. The van der Waals surface area contributed by atoms with Crippen LogP contribution in [0, 0.1) is 5.92 Å². The van der Waals surface area contributed by atoms with Gasteiger partial charge in [0.1, 0.15) is 5.54 Å². The first-order valence-corrected chi connectivity index (χ1v) is 9.88. The second-order valence-corrected chi connectivity index (χ2v) is 8.22. The number of benzene rings is 1. The van der Waals surface area contributed by atoms with Gasteiger partial charge in [0.15, 0.2) is 0 Å². The van der Waals surface area contributed by atoms with Gasteiger partial charge in [-0.15, -0.1) is 0 Å². The van der Waals surface area contributed by atoms with E-state index < -0.39 is 11.5 Å². The molecule has 0 saturated carbocycles. The van der Waals surface area contributed by atoms with E-state index in [2.05, 4.69) is 5.32 Å². The SMILES string of the molecule is CC(C)C(=O)N(C)Cc1ccc(C(=O)NC2(C(=O)O)CCSCC2)cc1. The number of nitrogens with one attached hydrogen (secondary N) is 1. The molecule has 1 aliphatic rings. The molecule has 1 aliphatic heterocycles. The molecule has 0 aliphatic carbocycles. The number of carbonyl (C=O) groups is 3. The number of carbonyl (C=O) groups excluding carboxylic acids is 2. The molecule has 1 heterocycles. The Balaban J connectivity index is 2.04. The topological polar surface area (TPSA) is 86.7 Å². The second kappa shape index (κ2) is 8.58. The first kappa shape index (κ1) is 20.3. The van der Waals surface area contributed by atoms with Gasteiger partial charge >= 0.3 is 5.97 Å². The Morgan fingerprint density at radius 3 is 2.27 bits per heavy atom. The first-order valence-electron chi connectivity index (χ1n) is 8.73. The second-order valence-electron chi connectivity index (χ2n) is 7.00. The molecule has 2 N–H and O–H groups in total. The zero-order valence-electron chi connectivity index (χ0n) is 15.4. The summed E-state index contributed by atoms with van der Waals surface area (Å²) in [6.45, 7) is 4.18. The van der Waals surface area contributed by atoms with Gasteiger partial charge in [0.2, 0.25) is 5.91 Å². The van der Waals surface area contributed by atoms with Crippen LogP contribution in [0.25, 0.3) is 0 Å². The fourth-order valence-electron chi connectivity index (χ4n) is 2.96. The van der Waals surface area contributed by atoms with Gasteiger partial charge in [0.05, 0.1) is 0 Å². The molecule has 1 aromatic rings. The van der Waals surface area contributed by atoms with Crippen LogP contribution in [0.2, 0.25) is 0 Å². The van der Waals surface area contributed by atoms with Gasteiger partial charge in [-0.3, -0.25) is 9.59 Å². The van der Waals surface area contributed by atoms with Crippen molar-refractivity contribution in [1.82, 2.24) is 10.2 Å². The van der Waals surface area contributed by atoms with E-state index in [-0.39, 0.29) is 17.7 Å². The molecular weight excluding hydrogens is 352 g/mol. The number of nitrogens with zero attached hydrogens (tertiary/aromatic N) is 1. The van der Waals surface area contributed by atoms with Crippen molar-refractivity contribution in [1.29, 1.82) is 0 Å².